The van der Waals surface area contributed by atoms with Crippen LogP contribution in [-0.2, 0) is 29.4 Å². The lowest BCUT2D eigenvalue weighted by Gasteiger charge is -2.26. The molecule has 2 aliphatic rings. The van der Waals surface area contributed by atoms with Gasteiger partial charge in [-0.2, -0.15) is 0 Å². The van der Waals surface area contributed by atoms with Gasteiger partial charge < -0.3 is 24.3 Å². The maximum Gasteiger partial charge on any atom is 0.269 e. The maximum absolute atomic E-state index is 13.2. The van der Waals surface area contributed by atoms with E-state index in [0.717, 1.165) is 80.3 Å². The number of hydrogen-bond acceptors (Lipinski definition) is 7. The molecule has 2 aliphatic heterocycles. The Morgan fingerprint density at radius 2 is 1.86 bits per heavy atom. The summed E-state index contributed by atoms with van der Waals surface area (Å²) < 4.78 is 13.5. The predicted octanol–water partition coefficient (Wildman–Crippen LogP) is 3.71. The van der Waals surface area contributed by atoms with Crippen molar-refractivity contribution in [2.75, 3.05) is 51.3 Å². The van der Waals surface area contributed by atoms with Crippen molar-refractivity contribution >= 4 is 28.5 Å². The van der Waals surface area contributed by atoms with Gasteiger partial charge >= 0.3 is 0 Å². The molecule has 6 rings (SSSR count). The summed E-state index contributed by atoms with van der Waals surface area (Å²) in [6.45, 7) is 5.14. The average Bonchev–Trinajstić information content (AvgIpc) is 3.57. The Hall–Kier alpha value is -4.28. The molecule has 1 saturated heterocycles. The van der Waals surface area contributed by atoms with Crippen LogP contribution in [0.4, 0.5) is 5.69 Å². The van der Waals surface area contributed by atoms with Gasteiger partial charge in [-0.3, -0.25) is 19.5 Å². The van der Waals surface area contributed by atoms with Crippen LogP contribution in [0.5, 0.6) is 11.5 Å². The first-order chi connectivity index (χ1) is 20.5. The lowest BCUT2D eigenvalue weighted by Crippen LogP contribution is -2.37. The fraction of sp³-hybridized carbons (Fsp3) is 0.375. The number of morpholine rings is 1. The van der Waals surface area contributed by atoms with E-state index in [-0.39, 0.29) is 11.8 Å². The van der Waals surface area contributed by atoms with E-state index in [4.69, 9.17) is 14.5 Å². The quantitative estimate of drug-likeness (QED) is 0.329. The summed E-state index contributed by atoms with van der Waals surface area (Å²) in [5, 5.41) is 2.57. The average molecular weight is 569 g/mol. The number of benzene rings is 2. The van der Waals surface area contributed by atoms with Gasteiger partial charge in [-0.25, -0.2) is 4.98 Å². The van der Waals surface area contributed by atoms with Crippen LogP contribution in [0.15, 0.2) is 54.7 Å². The van der Waals surface area contributed by atoms with E-state index in [9.17, 15) is 9.59 Å². The molecule has 10 nitrogen and oxygen atoms in total. The highest BCUT2D eigenvalue weighted by Gasteiger charge is 2.25. The number of nitrogens with zero attached hydrogens (tertiary/aromatic N) is 5. The summed E-state index contributed by atoms with van der Waals surface area (Å²) >= 11 is 0. The highest BCUT2D eigenvalue weighted by Crippen LogP contribution is 2.31. The molecule has 0 saturated carbocycles. The van der Waals surface area contributed by atoms with Crippen LogP contribution in [0.2, 0.25) is 0 Å². The van der Waals surface area contributed by atoms with E-state index in [0.29, 0.717) is 30.0 Å². The van der Waals surface area contributed by atoms with Gasteiger partial charge in [0.25, 0.3) is 5.91 Å². The molecule has 4 aromatic rings. The van der Waals surface area contributed by atoms with E-state index in [2.05, 4.69) is 38.0 Å². The number of rotatable bonds is 9. The first-order valence-corrected chi connectivity index (χ1v) is 14.5. The Labute approximate surface area is 245 Å². The molecule has 0 spiro atoms. The summed E-state index contributed by atoms with van der Waals surface area (Å²) in [5.41, 5.74) is 5.49. The molecule has 10 heteroatoms. The molecular formula is C32H36N6O4. The third-order valence-electron chi connectivity index (χ3n) is 8.05. The van der Waals surface area contributed by atoms with Crippen LogP contribution < -0.4 is 15.0 Å². The van der Waals surface area contributed by atoms with E-state index < -0.39 is 0 Å². The first kappa shape index (κ1) is 27.9. The van der Waals surface area contributed by atoms with Crippen molar-refractivity contribution in [2.24, 2.45) is 7.05 Å². The SMILES string of the molecule is CNC(=O)c1cc(Oc2ccc3c(c2)nc(Cc2ccc4c(c2)N(C(=O)CCCN2CCOCC2)CC4)n3C)ccn1. The zero-order valence-electron chi connectivity index (χ0n) is 24.1. The molecule has 4 heterocycles. The summed E-state index contributed by atoms with van der Waals surface area (Å²) in [4.78, 5) is 38.4. The van der Waals surface area contributed by atoms with Crippen molar-refractivity contribution in [2.45, 2.75) is 25.7 Å². The normalized spacial score (nSPS) is 15.1. The number of carbonyl (C=O) groups is 2. The minimum absolute atomic E-state index is 0.200. The highest BCUT2D eigenvalue weighted by atomic mass is 16.5. The van der Waals surface area contributed by atoms with Crippen LogP contribution in [0.25, 0.3) is 11.0 Å². The zero-order valence-corrected chi connectivity index (χ0v) is 24.1. The van der Waals surface area contributed by atoms with E-state index in [1.54, 1.807) is 25.4 Å². The second-order valence-electron chi connectivity index (χ2n) is 10.8. The molecule has 1 N–H and O–H groups in total. The standard InChI is InChI=1S/C32H36N6O4/c1-33-32(40)27-21-25(9-11-34-27)42-24-7-8-28-26(20-24)35-30(36(28)2)19-22-5-6-23-10-13-38(29(23)18-22)31(39)4-3-12-37-14-16-41-17-15-37/h5-9,11,18,20-21H,3-4,10,12-17,19H2,1-2H3,(H,33,40). The Balaban J connectivity index is 1.14. The van der Waals surface area contributed by atoms with E-state index >= 15 is 0 Å². The molecule has 0 bridgehead atoms. The number of hydrogen-bond donors (Lipinski definition) is 1. The molecule has 0 atom stereocenters. The number of nitrogens with one attached hydrogen (secondary N) is 1. The van der Waals surface area contributed by atoms with Crippen LogP contribution in [0.3, 0.4) is 0 Å². The predicted molar refractivity (Wildman–Crippen MR) is 160 cm³/mol. The van der Waals surface area contributed by atoms with Crippen molar-refractivity contribution in [3.63, 3.8) is 0 Å². The summed E-state index contributed by atoms with van der Waals surface area (Å²) in [5.74, 6) is 2.01. The number of ether oxygens (including phenoxy) is 2. The van der Waals surface area contributed by atoms with Crippen molar-refractivity contribution < 1.29 is 19.1 Å². The van der Waals surface area contributed by atoms with Crippen molar-refractivity contribution in [1.82, 2.24) is 24.8 Å². The van der Waals surface area contributed by atoms with Crippen LogP contribution in [0.1, 0.15) is 40.3 Å². The molecular weight excluding hydrogens is 532 g/mol. The summed E-state index contributed by atoms with van der Waals surface area (Å²) in [6.07, 6.45) is 4.51. The number of aryl methyl sites for hydroxylation is 1. The Kier molecular flexibility index (Phi) is 8.16. The number of pyridine rings is 1. The fourth-order valence-corrected chi connectivity index (χ4v) is 5.70. The zero-order chi connectivity index (χ0) is 29.1. The van der Waals surface area contributed by atoms with E-state index in [1.165, 1.54) is 5.56 Å². The molecule has 2 aromatic heterocycles. The van der Waals surface area contributed by atoms with Crippen LogP contribution in [0, 0.1) is 0 Å². The third-order valence-corrected chi connectivity index (χ3v) is 8.05. The van der Waals surface area contributed by atoms with Gasteiger partial charge in [0.2, 0.25) is 5.91 Å². The largest absolute Gasteiger partial charge is 0.457 e. The molecule has 42 heavy (non-hydrogen) atoms. The smallest absolute Gasteiger partial charge is 0.269 e. The number of carbonyl (C=O) groups excluding carboxylic acids is 2. The number of amides is 2. The summed E-state index contributed by atoms with van der Waals surface area (Å²) in [7, 11) is 3.58. The second-order valence-corrected chi connectivity index (χ2v) is 10.8. The van der Waals surface area contributed by atoms with Gasteiger partial charge in [-0.05, 0) is 54.8 Å². The van der Waals surface area contributed by atoms with Gasteiger partial charge in [0.05, 0.1) is 24.2 Å². The molecule has 2 amide bonds. The highest BCUT2D eigenvalue weighted by molar-refractivity contribution is 5.95. The molecule has 218 valence electrons. The summed E-state index contributed by atoms with van der Waals surface area (Å²) in [6, 6.07) is 15.6. The molecule has 0 unspecified atom stereocenters. The van der Waals surface area contributed by atoms with Gasteiger partial charge in [0.15, 0.2) is 0 Å². The number of fused-ring (bicyclic) bond motifs is 2. The minimum Gasteiger partial charge on any atom is -0.457 e. The van der Waals surface area contributed by atoms with Crippen LogP contribution >= 0.6 is 0 Å². The third kappa shape index (κ3) is 6.00. The molecule has 2 aromatic carbocycles. The van der Waals surface area contributed by atoms with Crippen molar-refractivity contribution in [1.29, 1.82) is 0 Å². The molecule has 0 aliphatic carbocycles. The van der Waals surface area contributed by atoms with Crippen molar-refractivity contribution in [3.05, 3.63) is 77.4 Å². The second kappa shape index (κ2) is 12.3. The van der Waals surface area contributed by atoms with Crippen molar-refractivity contribution in [3.8, 4) is 11.5 Å². The lowest BCUT2D eigenvalue weighted by atomic mass is 10.1. The van der Waals surface area contributed by atoms with Gasteiger partial charge in [-0.15, -0.1) is 0 Å². The number of anilines is 1. The van der Waals surface area contributed by atoms with Gasteiger partial charge in [-0.1, -0.05) is 12.1 Å². The maximum atomic E-state index is 13.2. The molecule has 1 fully saturated rings. The topological polar surface area (TPSA) is 102 Å². The molecule has 0 radical (unpaired) electrons. The number of aromatic nitrogens is 3. The van der Waals surface area contributed by atoms with Gasteiger partial charge in [0, 0.05) is 70.6 Å². The van der Waals surface area contributed by atoms with Gasteiger partial charge in [0.1, 0.15) is 23.0 Å². The van der Waals surface area contributed by atoms with E-state index in [1.807, 2.05) is 30.1 Å². The first-order valence-electron chi connectivity index (χ1n) is 14.5. The Morgan fingerprint density at radius 3 is 2.69 bits per heavy atom. The minimum atomic E-state index is -0.270. The lowest BCUT2D eigenvalue weighted by molar-refractivity contribution is -0.118. The number of imidazole rings is 1. The fourth-order valence-electron chi connectivity index (χ4n) is 5.70. The Morgan fingerprint density at radius 1 is 1.02 bits per heavy atom. The monoisotopic (exact) mass is 568 g/mol. The Bertz CT molecular complexity index is 1610. The van der Waals surface area contributed by atoms with Crippen LogP contribution in [-0.4, -0.2) is 77.7 Å².